The Morgan fingerprint density at radius 1 is 1.60 bits per heavy atom. The van der Waals surface area contributed by atoms with E-state index in [1.807, 2.05) is 11.4 Å². The summed E-state index contributed by atoms with van der Waals surface area (Å²) in [5.74, 6) is -1.25. The van der Waals surface area contributed by atoms with Crippen molar-refractivity contribution in [3.8, 4) is 0 Å². The lowest BCUT2D eigenvalue weighted by atomic mass is 9.99. The number of carboxylic acid groups (broad SMARTS) is 1. The number of carboxylic acids is 1. The average molecular weight is 361 g/mol. The number of nitrogens with zero attached hydrogens (tertiary/aromatic N) is 2. The highest BCUT2D eigenvalue weighted by molar-refractivity contribution is 9.10. The minimum Gasteiger partial charge on any atom is -0.481 e. The van der Waals surface area contributed by atoms with Gasteiger partial charge in [-0.2, -0.15) is 0 Å². The van der Waals surface area contributed by atoms with Crippen molar-refractivity contribution in [1.82, 2.24) is 9.80 Å². The smallest absolute Gasteiger partial charge is 0.320 e. The lowest BCUT2D eigenvalue weighted by Crippen LogP contribution is -2.47. The van der Waals surface area contributed by atoms with E-state index in [2.05, 4.69) is 15.9 Å². The van der Waals surface area contributed by atoms with E-state index in [4.69, 9.17) is 5.11 Å². The standard InChI is InChI=1S/C13H17BrN2O3S/c1-15(7-11-5-10(14)8-20-11)13(19)16-4-2-3-9(6-16)12(17)18/h5,8-9H,2-4,6-7H2,1H3,(H,17,18)/t9-/m1/s1. The van der Waals surface area contributed by atoms with E-state index < -0.39 is 11.9 Å². The number of aliphatic carboxylic acids is 1. The van der Waals surface area contributed by atoms with Gasteiger partial charge in [0.15, 0.2) is 0 Å². The van der Waals surface area contributed by atoms with Gasteiger partial charge in [-0.15, -0.1) is 11.3 Å². The maximum absolute atomic E-state index is 12.3. The fourth-order valence-electron chi connectivity index (χ4n) is 2.33. The van der Waals surface area contributed by atoms with E-state index in [9.17, 15) is 9.59 Å². The summed E-state index contributed by atoms with van der Waals surface area (Å²) in [4.78, 5) is 27.7. The number of hydrogen-bond acceptors (Lipinski definition) is 3. The third kappa shape index (κ3) is 3.73. The number of urea groups is 1. The van der Waals surface area contributed by atoms with Gasteiger partial charge in [0.2, 0.25) is 0 Å². The van der Waals surface area contributed by atoms with Crippen LogP contribution < -0.4 is 0 Å². The molecule has 0 radical (unpaired) electrons. The number of amides is 2. The molecule has 110 valence electrons. The molecule has 0 aliphatic carbocycles. The Morgan fingerprint density at radius 2 is 2.35 bits per heavy atom. The van der Waals surface area contributed by atoms with Crippen molar-refractivity contribution in [3.63, 3.8) is 0 Å². The minimum atomic E-state index is -0.813. The van der Waals surface area contributed by atoms with Crippen molar-refractivity contribution in [2.45, 2.75) is 19.4 Å². The van der Waals surface area contributed by atoms with Crippen molar-refractivity contribution >= 4 is 39.3 Å². The molecule has 1 aliphatic heterocycles. The first-order chi connectivity index (χ1) is 9.47. The molecular weight excluding hydrogens is 344 g/mol. The van der Waals surface area contributed by atoms with Crippen LogP contribution in [0.25, 0.3) is 0 Å². The summed E-state index contributed by atoms with van der Waals surface area (Å²) >= 11 is 4.98. The monoisotopic (exact) mass is 360 g/mol. The van der Waals surface area contributed by atoms with Crippen LogP contribution in [0.1, 0.15) is 17.7 Å². The molecule has 20 heavy (non-hydrogen) atoms. The van der Waals surface area contributed by atoms with Crippen LogP contribution in [0.5, 0.6) is 0 Å². The van der Waals surface area contributed by atoms with Gasteiger partial charge < -0.3 is 14.9 Å². The number of thiophene rings is 1. The molecule has 2 heterocycles. The van der Waals surface area contributed by atoms with Gasteiger partial charge in [-0.25, -0.2) is 4.79 Å². The van der Waals surface area contributed by atoms with E-state index in [1.165, 1.54) is 0 Å². The number of hydrogen-bond donors (Lipinski definition) is 1. The highest BCUT2D eigenvalue weighted by atomic mass is 79.9. The van der Waals surface area contributed by atoms with Crippen LogP contribution in [-0.2, 0) is 11.3 Å². The molecule has 0 unspecified atom stereocenters. The molecule has 1 atom stereocenters. The van der Waals surface area contributed by atoms with Gasteiger partial charge in [-0.3, -0.25) is 4.79 Å². The summed E-state index contributed by atoms with van der Waals surface area (Å²) in [6, 6.07) is 1.89. The van der Waals surface area contributed by atoms with Crippen LogP contribution in [0.2, 0.25) is 0 Å². The Balaban J connectivity index is 1.94. The quantitative estimate of drug-likeness (QED) is 0.901. The highest BCUT2D eigenvalue weighted by Crippen LogP contribution is 2.22. The van der Waals surface area contributed by atoms with E-state index in [0.717, 1.165) is 15.8 Å². The minimum absolute atomic E-state index is 0.0968. The van der Waals surface area contributed by atoms with Gasteiger partial charge in [0, 0.05) is 34.9 Å². The van der Waals surface area contributed by atoms with Crippen LogP contribution in [0.3, 0.4) is 0 Å². The zero-order chi connectivity index (χ0) is 14.7. The predicted molar refractivity (Wildman–Crippen MR) is 80.8 cm³/mol. The summed E-state index contributed by atoms with van der Waals surface area (Å²) in [7, 11) is 1.75. The summed E-state index contributed by atoms with van der Waals surface area (Å²) in [6.45, 7) is 1.50. The molecule has 1 aliphatic rings. The first-order valence-corrected chi connectivity index (χ1v) is 8.10. The van der Waals surface area contributed by atoms with Gasteiger partial charge >= 0.3 is 12.0 Å². The Labute approximate surface area is 130 Å². The molecular formula is C13H17BrN2O3S. The number of carbonyl (C=O) groups is 2. The molecule has 2 amide bonds. The summed E-state index contributed by atoms with van der Waals surface area (Å²) in [5, 5.41) is 11.0. The summed E-state index contributed by atoms with van der Waals surface area (Å²) in [5.41, 5.74) is 0. The van der Waals surface area contributed by atoms with Gasteiger partial charge in [-0.1, -0.05) is 0 Å². The number of likely N-dealkylation sites (tertiary alicyclic amines) is 1. The Morgan fingerprint density at radius 3 is 2.95 bits per heavy atom. The molecule has 1 N–H and O–H groups in total. The summed E-state index contributed by atoms with van der Waals surface area (Å²) < 4.78 is 1.02. The van der Waals surface area contributed by atoms with Crippen molar-refractivity contribution in [2.75, 3.05) is 20.1 Å². The second kappa shape index (κ2) is 6.58. The number of piperidine rings is 1. The molecule has 5 nitrogen and oxygen atoms in total. The van der Waals surface area contributed by atoms with Gasteiger partial charge in [-0.05, 0) is 34.8 Å². The third-order valence-corrected chi connectivity index (χ3v) is 5.06. The SMILES string of the molecule is CN(Cc1cc(Br)cs1)C(=O)N1CCC[C@@H](C(=O)O)C1. The topological polar surface area (TPSA) is 60.9 Å². The van der Waals surface area contributed by atoms with Crippen molar-refractivity contribution in [2.24, 2.45) is 5.92 Å². The molecule has 1 saturated heterocycles. The Bertz CT molecular complexity index is 506. The molecule has 1 fully saturated rings. The zero-order valence-electron chi connectivity index (χ0n) is 11.2. The van der Waals surface area contributed by atoms with Crippen LogP contribution in [0.15, 0.2) is 15.9 Å². The maximum Gasteiger partial charge on any atom is 0.320 e. The van der Waals surface area contributed by atoms with E-state index >= 15 is 0 Å². The van der Waals surface area contributed by atoms with Gasteiger partial charge in [0.05, 0.1) is 12.5 Å². The molecule has 0 saturated carbocycles. The lowest BCUT2D eigenvalue weighted by Gasteiger charge is -2.33. The molecule has 7 heteroatoms. The zero-order valence-corrected chi connectivity index (χ0v) is 13.6. The van der Waals surface area contributed by atoms with Crippen LogP contribution in [0.4, 0.5) is 4.79 Å². The lowest BCUT2D eigenvalue weighted by molar-refractivity contribution is -0.143. The fraction of sp³-hybridized carbons (Fsp3) is 0.538. The first-order valence-electron chi connectivity index (χ1n) is 6.43. The molecule has 0 spiro atoms. The second-order valence-corrected chi connectivity index (χ2v) is 6.90. The van der Waals surface area contributed by atoms with E-state index in [-0.39, 0.29) is 6.03 Å². The second-order valence-electron chi connectivity index (χ2n) is 4.99. The third-order valence-electron chi connectivity index (χ3n) is 3.38. The number of carbonyl (C=O) groups excluding carboxylic acids is 1. The van der Waals surface area contributed by atoms with Crippen molar-refractivity contribution < 1.29 is 14.7 Å². The normalized spacial score (nSPS) is 18.9. The molecule has 0 bridgehead atoms. The Hall–Kier alpha value is -1.08. The van der Waals surface area contributed by atoms with Crippen molar-refractivity contribution in [3.05, 3.63) is 20.8 Å². The molecule has 2 rings (SSSR count). The first kappa shape index (κ1) is 15.3. The average Bonchev–Trinajstić information content (AvgIpc) is 2.83. The largest absolute Gasteiger partial charge is 0.481 e. The predicted octanol–water partition coefficient (Wildman–Crippen LogP) is 2.86. The highest BCUT2D eigenvalue weighted by Gasteiger charge is 2.29. The van der Waals surface area contributed by atoms with Crippen LogP contribution in [-0.4, -0.2) is 47.0 Å². The molecule has 1 aromatic heterocycles. The van der Waals surface area contributed by atoms with Crippen LogP contribution >= 0.6 is 27.3 Å². The summed E-state index contributed by atoms with van der Waals surface area (Å²) in [6.07, 6.45) is 1.40. The van der Waals surface area contributed by atoms with E-state index in [0.29, 0.717) is 26.1 Å². The number of halogens is 1. The molecule has 1 aromatic rings. The Kier molecular flexibility index (Phi) is 5.04. The fourth-order valence-corrected chi connectivity index (χ4v) is 3.84. The van der Waals surface area contributed by atoms with Crippen molar-refractivity contribution in [1.29, 1.82) is 0 Å². The van der Waals surface area contributed by atoms with Gasteiger partial charge in [0.1, 0.15) is 0 Å². The maximum atomic E-state index is 12.3. The van der Waals surface area contributed by atoms with E-state index in [1.54, 1.807) is 28.2 Å². The molecule has 0 aromatic carbocycles. The van der Waals surface area contributed by atoms with Gasteiger partial charge in [0.25, 0.3) is 0 Å². The van der Waals surface area contributed by atoms with Crippen LogP contribution in [0, 0.1) is 5.92 Å². The number of rotatable bonds is 3.